The zero-order valence-electron chi connectivity index (χ0n) is 23.2. The maximum absolute atomic E-state index is 12.5. The Bertz CT molecular complexity index is 1240. The molecule has 0 radical (unpaired) electrons. The van der Waals surface area contributed by atoms with Gasteiger partial charge >= 0.3 is 21.3 Å². The quantitative estimate of drug-likeness (QED) is 0.206. The molecule has 1 unspecified atom stereocenters. The number of amides is 2. The van der Waals surface area contributed by atoms with Gasteiger partial charge in [0.2, 0.25) is 17.3 Å². The number of carbonyl (C=O) groups excluding carboxylic acids is 2. The van der Waals surface area contributed by atoms with Crippen molar-refractivity contribution >= 4 is 32.9 Å². The molecule has 6 N–H and O–H groups in total. The van der Waals surface area contributed by atoms with Crippen molar-refractivity contribution in [3.05, 3.63) is 48.2 Å². The summed E-state index contributed by atoms with van der Waals surface area (Å²) in [4.78, 5) is 65.6. The van der Waals surface area contributed by atoms with Crippen molar-refractivity contribution in [2.45, 2.75) is 71.4 Å². The number of benzene rings is 1. The summed E-state index contributed by atoms with van der Waals surface area (Å²) < 4.78 is 34.0. The van der Waals surface area contributed by atoms with Crippen LogP contribution in [0.25, 0.3) is 0 Å². The van der Waals surface area contributed by atoms with Gasteiger partial charge in [0.15, 0.2) is 0 Å². The summed E-state index contributed by atoms with van der Waals surface area (Å²) in [5.74, 6) is -0.113. The van der Waals surface area contributed by atoms with Gasteiger partial charge in [-0.05, 0) is 41.0 Å². The largest absolute Gasteiger partial charge is 0.445 e. The van der Waals surface area contributed by atoms with Gasteiger partial charge in [0.05, 0.1) is 11.9 Å². The number of nitrogens with one attached hydrogen (secondary N) is 2. The lowest BCUT2D eigenvalue weighted by Crippen LogP contribution is -2.37. The molecule has 0 aliphatic heterocycles. The fourth-order valence-corrected chi connectivity index (χ4v) is 5.64. The van der Waals surface area contributed by atoms with Crippen molar-refractivity contribution in [1.29, 1.82) is 0 Å². The third-order valence-electron chi connectivity index (χ3n) is 5.70. The predicted octanol–water partition coefficient (Wildman–Crippen LogP) is 4.67. The zero-order valence-corrected chi connectivity index (χ0v) is 25.0. The Hall–Kier alpha value is -2.79. The highest BCUT2D eigenvalue weighted by molar-refractivity contribution is 7.70. The Kier molecular flexibility index (Phi) is 10.7. The van der Waals surface area contributed by atoms with Crippen LogP contribution in [-0.2, 0) is 24.1 Å². The summed E-state index contributed by atoms with van der Waals surface area (Å²) >= 11 is 0. The summed E-state index contributed by atoms with van der Waals surface area (Å²) in [5, 5.41) is 4.22. The number of rotatable bonds is 10. The van der Waals surface area contributed by atoms with Crippen molar-refractivity contribution in [2.75, 3.05) is 5.32 Å². The molecule has 1 heterocycles. The lowest BCUT2D eigenvalue weighted by atomic mass is 9.86. The Labute approximate surface area is 233 Å². The fourth-order valence-electron chi connectivity index (χ4n) is 3.45. The van der Waals surface area contributed by atoms with E-state index in [4.69, 9.17) is 29.0 Å². The third kappa shape index (κ3) is 10.6. The minimum Gasteiger partial charge on any atom is -0.445 e. The molecule has 0 spiro atoms. The van der Waals surface area contributed by atoms with E-state index in [0.717, 1.165) is 5.56 Å². The second-order valence-electron chi connectivity index (χ2n) is 11.3. The molecule has 0 aliphatic carbocycles. The van der Waals surface area contributed by atoms with Crippen LogP contribution in [0.1, 0.15) is 59.9 Å². The summed E-state index contributed by atoms with van der Waals surface area (Å²) in [5.41, 5.74) is -1.82. The number of carbonyl (C=O) groups is 2. The maximum atomic E-state index is 12.5. The van der Waals surface area contributed by atoms with Gasteiger partial charge in [-0.1, -0.05) is 53.7 Å². The highest BCUT2D eigenvalue weighted by Crippen LogP contribution is 2.58. The monoisotopic (exact) mass is 601 g/mol. The second kappa shape index (κ2) is 12.8. The Morgan fingerprint density at radius 1 is 0.925 bits per heavy atom. The number of hydrogen-bond acceptors (Lipinski definition) is 7. The molecule has 1 atom stereocenters. The van der Waals surface area contributed by atoms with E-state index in [-0.39, 0.29) is 11.8 Å². The number of hydrogen-bond donors (Lipinski definition) is 6. The Morgan fingerprint density at radius 2 is 1.50 bits per heavy atom. The van der Waals surface area contributed by atoms with E-state index in [0.29, 0.717) is 17.3 Å². The summed E-state index contributed by atoms with van der Waals surface area (Å²) in [6.45, 7) is 11.6. The number of anilines is 1. The molecule has 2 amide bonds. The molecule has 0 bridgehead atoms. The average Bonchev–Trinajstić information content (AvgIpc) is 2.79. The molecule has 2 aromatic rings. The van der Waals surface area contributed by atoms with Gasteiger partial charge in [-0.15, -0.1) is 0 Å². The van der Waals surface area contributed by atoms with E-state index in [9.17, 15) is 18.7 Å². The van der Waals surface area contributed by atoms with Gasteiger partial charge in [-0.25, -0.2) is 9.78 Å². The van der Waals surface area contributed by atoms with Gasteiger partial charge in [0, 0.05) is 12.5 Å². The van der Waals surface area contributed by atoms with Crippen LogP contribution in [0.2, 0.25) is 0 Å². The minimum absolute atomic E-state index is 0.0114. The van der Waals surface area contributed by atoms with Crippen molar-refractivity contribution in [1.82, 2.24) is 10.3 Å². The van der Waals surface area contributed by atoms with Gasteiger partial charge in [-0.2, -0.15) is 0 Å². The summed E-state index contributed by atoms with van der Waals surface area (Å²) in [6.07, 6.45) is -0.804. The standard InChI is InChI=1S/C25H37N3O10P2/c1-24(2,3)16-7-10-18(11-8-16)37-21-14-9-17(15-26-21)27-22(30)38-19(25(4,5)6)12-13-20(29)28-23(39(31,32)33)40(34,35)36/h7-11,14-15,19,23H,12-13H2,1-6H3,(H,27,30)(H,28,29)(H2,31,32,33)(H2,34,35,36). The maximum Gasteiger partial charge on any atom is 0.411 e. The first-order chi connectivity index (χ1) is 18.2. The molecule has 1 aromatic heterocycles. The predicted molar refractivity (Wildman–Crippen MR) is 148 cm³/mol. The lowest BCUT2D eigenvalue weighted by molar-refractivity contribution is -0.122. The first kappa shape index (κ1) is 33.4. The molecule has 15 heteroatoms. The van der Waals surface area contributed by atoms with E-state index >= 15 is 0 Å². The van der Waals surface area contributed by atoms with Gasteiger partial charge < -0.3 is 34.4 Å². The average molecular weight is 602 g/mol. The molecule has 0 saturated carbocycles. The zero-order chi connectivity index (χ0) is 30.5. The molecule has 0 fully saturated rings. The highest BCUT2D eigenvalue weighted by atomic mass is 31.2. The lowest BCUT2D eigenvalue weighted by Gasteiger charge is -2.30. The van der Waals surface area contributed by atoms with Crippen LogP contribution < -0.4 is 15.4 Å². The highest BCUT2D eigenvalue weighted by Gasteiger charge is 2.44. The topological polar surface area (TPSA) is 205 Å². The number of pyridine rings is 1. The molecule has 0 aliphatic rings. The molecule has 40 heavy (non-hydrogen) atoms. The molecule has 2 rings (SSSR count). The van der Waals surface area contributed by atoms with Crippen LogP contribution in [0, 0.1) is 5.41 Å². The van der Waals surface area contributed by atoms with Crippen molar-refractivity contribution in [3.8, 4) is 11.6 Å². The first-order valence-corrected chi connectivity index (χ1v) is 15.6. The van der Waals surface area contributed by atoms with E-state index in [1.54, 1.807) is 38.2 Å². The van der Waals surface area contributed by atoms with Crippen molar-refractivity contribution in [2.24, 2.45) is 5.41 Å². The van der Waals surface area contributed by atoms with Crippen LogP contribution in [0.15, 0.2) is 42.6 Å². The molecule has 13 nitrogen and oxygen atoms in total. The normalized spacial score (nSPS) is 13.5. The molecule has 1 aromatic carbocycles. The fraction of sp³-hybridized carbons (Fsp3) is 0.480. The van der Waals surface area contributed by atoms with Crippen molar-refractivity contribution < 1.29 is 47.8 Å². The summed E-state index contributed by atoms with van der Waals surface area (Å²) in [7, 11) is -10.7. The Balaban J connectivity index is 1.97. The van der Waals surface area contributed by atoms with Crippen LogP contribution in [-0.4, -0.2) is 48.2 Å². The van der Waals surface area contributed by atoms with Crippen LogP contribution >= 0.6 is 15.2 Å². The van der Waals surface area contributed by atoms with Crippen LogP contribution in [0.4, 0.5) is 10.5 Å². The van der Waals surface area contributed by atoms with E-state index in [2.05, 4.69) is 31.1 Å². The minimum atomic E-state index is -5.33. The van der Waals surface area contributed by atoms with Crippen LogP contribution in [0.3, 0.4) is 0 Å². The molecule has 0 saturated heterocycles. The Morgan fingerprint density at radius 3 is 1.95 bits per heavy atom. The molecular weight excluding hydrogens is 564 g/mol. The molecule has 222 valence electrons. The number of ether oxygens (including phenoxy) is 2. The second-order valence-corrected chi connectivity index (χ2v) is 15.1. The summed E-state index contributed by atoms with van der Waals surface area (Å²) in [6, 6.07) is 10.8. The smallest absolute Gasteiger partial charge is 0.411 e. The van der Waals surface area contributed by atoms with E-state index in [1.807, 2.05) is 24.3 Å². The SMILES string of the molecule is CC(C)(C)c1ccc(Oc2ccc(NC(=O)OC(CCC(=O)NC(P(=O)(O)O)P(=O)(O)O)C(C)(C)C)cn2)cc1. The van der Waals surface area contributed by atoms with E-state index in [1.165, 1.54) is 6.20 Å². The third-order valence-corrected chi connectivity index (χ3v) is 9.04. The van der Waals surface area contributed by atoms with E-state index < -0.39 is 50.7 Å². The van der Waals surface area contributed by atoms with Gasteiger partial charge in [0.1, 0.15) is 11.9 Å². The number of nitrogens with zero attached hydrogens (tertiary/aromatic N) is 1. The van der Waals surface area contributed by atoms with Gasteiger partial charge in [0.25, 0.3) is 0 Å². The molecular formula is C25H37N3O10P2. The number of aromatic nitrogens is 1. The van der Waals surface area contributed by atoms with Gasteiger partial charge in [-0.3, -0.25) is 19.2 Å². The van der Waals surface area contributed by atoms with Crippen LogP contribution in [0.5, 0.6) is 11.6 Å². The van der Waals surface area contributed by atoms with Crippen molar-refractivity contribution in [3.63, 3.8) is 0 Å². The first-order valence-electron chi connectivity index (χ1n) is 12.3.